The molecule has 3 aromatic rings. The fourth-order valence-electron chi connectivity index (χ4n) is 4.65. The number of amides is 1. The number of hydrogen-bond acceptors (Lipinski definition) is 6. The molecule has 0 radical (unpaired) electrons. The molecule has 2 aliphatic heterocycles. The smallest absolute Gasteiger partial charge is 0.262 e. The van der Waals surface area contributed by atoms with Gasteiger partial charge in [0, 0.05) is 31.1 Å². The van der Waals surface area contributed by atoms with Gasteiger partial charge in [-0.1, -0.05) is 23.9 Å². The standard InChI is InChI=1S/C26H30N4O3S/c31-24(27-19-10-12-20(13-11-19)29-14-4-1-5-15-29)18-34-26-28-23-9-3-2-8-22(23)25(32)30(26)17-21-7-6-16-33-21/h2-3,8-13,21H,1,4-7,14-18H2,(H,27,31). The molecule has 8 heteroatoms. The first-order valence-electron chi connectivity index (χ1n) is 12.1. The van der Waals surface area contributed by atoms with Crippen LogP contribution in [0.25, 0.3) is 10.9 Å². The zero-order chi connectivity index (χ0) is 23.3. The Hall–Kier alpha value is -2.84. The number of carbonyl (C=O) groups is 1. The summed E-state index contributed by atoms with van der Waals surface area (Å²) in [5, 5.41) is 4.11. The van der Waals surface area contributed by atoms with E-state index in [4.69, 9.17) is 9.72 Å². The average molecular weight is 479 g/mol. The maximum absolute atomic E-state index is 13.2. The van der Waals surface area contributed by atoms with E-state index < -0.39 is 0 Å². The second kappa shape index (κ2) is 10.6. The van der Waals surface area contributed by atoms with Crippen LogP contribution in [0.4, 0.5) is 11.4 Å². The van der Waals surface area contributed by atoms with Gasteiger partial charge >= 0.3 is 0 Å². The summed E-state index contributed by atoms with van der Waals surface area (Å²) in [6.45, 7) is 3.36. The molecule has 2 fully saturated rings. The van der Waals surface area contributed by atoms with Crippen molar-refractivity contribution in [2.24, 2.45) is 0 Å². The van der Waals surface area contributed by atoms with Crippen molar-refractivity contribution in [3.63, 3.8) is 0 Å². The van der Waals surface area contributed by atoms with Crippen LogP contribution in [0.5, 0.6) is 0 Å². The van der Waals surface area contributed by atoms with Gasteiger partial charge in [-0.05, 0) is 68.5 Å². The van der Waals surface area contributed by atoms with Crippen molar-refractivity contribution >= 4 is 39.9 Å². The zero-order valence-corrected chi connectivity index (χ0v) is 20.1. The summed E-state index contributed by atoms with van der Waals surface area (Å²) in [5.41, 5.74) is 2.53. The molecular weight excluding hydrogens is 448 g/mol. The molecule has 3 heterocycles. The van der Waals surface area contributed by atoms with Crippen molar-refractivity contribution in [3.8, 4) is 0 Å². The summed E-state index contributed by atoms with van der Waals surface area (Å²) in [4.78, 5) is 33.0. The number of hydrogen-bond donors (Lipinski definition) is 1. The Balaban J connectivity index is 1.27. The van der Waals surface area contributed by atoms with E-state index in [1.165, 1.54) is 36.7 Å². The molecule has 1 atom stereocenters. The third-order valence-electron chi connectivity index (χ3n) is 6.44. The number of ether oxygens (including phenoxy) is 1. The quantitative estimate of drug-likeness (QED) is 0.403. The van der Waals surface area contributed by atoms with Crippen molar-refractivity contribution in [3.05, 3.63) is 58.9 Å². The van der Waals surface area contributed by atoms with Gasteiger partial charge in [-0.15, -0.1) is 0 Å². The lowest BCUT2D eigenvalue weighted by atomic mass is 10.1. The largest absolute Gasteiger partial charge is 0.376 e. The number of rotatable bonds is 7. The Morgan fingerprint density at radius 2 is 1.85 bits per heavy atom. The third kappa shape index (κ3) is 5.28. The van der Waals surface area contributed by atoms with Gasteiger partial charge in [0.2, 0.25) is 5.91 Å². The van der Waals surface area contributed by atoms with Crippen molar-refractivity contribution in [1.29, 1.82) is 0 Å². The first-order chi connectivity index (χ1) is 16.7. The lowest BCUT2D eigenvalue weighted by molar-refractivity contribution is -0.113. The SMILES string of the molecule is O=C(CSc1nc2ccccc2c(=O)n1CC1CCCO1)Nc1ccc(N2CCCCC2)cc1. The molecule has 1 aromatic heterocycles. The predicted octanol–water partition coefficient (Wildman–Crippen LogP) is 4.30. The van der Waals surface area contributed by atoms with Crippen molar-refractivity contribution in [1.82, 2.24) is 9.55 Å². The summed E-state index contributed by atoms with van der Waals surface area (Å²) in [6, 6.07) is 15.4. The lowest BCUT2D eigenvalue weighted by Crippen LogP contribution is -2.29. The molecule has 2 aromatic carbocycles. The molecule has 1 unspecified atom stereocenters. The molecule has 178 valence electrons. The molecule has 2 aliphatic rings. The molecular formula is C26H30N4O3S. The van der Waals surface area contributed by atoms with E-state index in [1.54, 1.807) is 10.6 Å². The molecule has 34 heavy (non-hydrogen) atoms. The fourth-order valence-corrected chi connectivity index (χ4v) is 5.45. The molecule has 1 N–H and O–H groups in total. The topological polar surface area (TPSA) is 76.5 Å². The van der Waals surface area contributed by atoms with Gasteiger partial charge in [0.1, 0.15) is 0 Å². The van der Waals surface area contributed by atoms with Crippen LogP contribution in [0.2, 0.25) is 0 Å². The summed E-state index contributed by atoms with van der Waals surface area (Å²) in [5.74, 6) is 0.0475. The normalized spacial score (nSPS) is 18.4. The maximum Gasteiger partial charge on any atom is 0.262 e. The molecule has 0 aliphatic carbocycles. The number of anilines is 2. The monoisotopic (exact) mass is 478 g/mol. The number of para-hydroxylation sites is 1. The summed E-state index contributed by atoms with van der Waals surface area (Å²) < 4.78 is 7.43. The van der Waals surface area contributed by atoms with Crippen molar-refractivity contribution in [2.75, 3.05) is 35.7 Å². The Kier molecular flexibility index (Phi) is 7.16. The second-order valence-corrected chi connectivity index (χ2v) is 9.84. The van der Waals surface area contributed by atoms with Crippen molar-refractivity contribution < 1.29 is 9.53 Å². The predicted molar refractivity (Wildman–Crippen MR) is 137 cm³/mol. The highest BCUT2D eigenvalue weighted by Gasteiger charge is 2.21. The number of carbonyl (C=O) groups excluding carboxylic acids is 1. The van der Waals surface area contributed by atoms with Crippen LogP contribution in [0.15, 0.2) is 58.5 Å². The Bertz CT molecular complexity index is 1200. The molecule has 7 nitrogen and oxygen atoms in total. The fraction of sp³-hybridized carbons (Fsp3) is 0.423. The van der Waals surface area contributed by atoms with Gasteiger partial charge in [-0.3, -0.25) is 14.2 Å². The van der Waals surface area contributed by atoms with Crippen LogP contribution in [-0.2, 0) is 16.1 Å². The lowest BCUT2D eigenvalue weighted by Gasteiger charge is -2.28. The van der Waals surface area contributed by atoms with E-state index in [0.29, 0.717) is 22.6 Å². The molecule has 0 bridgehead atoms. The van der Waals surface area contributed by atoms with Gasteiger partial charge in [0.15, 0.2) is 5.16 Å². The third-order valence-corrected chi connectivity index (χ3v) is 7.42. The van der Waals surface area contributed by atoms with Crippen LogP contribution in [-0.4, -0.2) is 47.0 Å². The molecule has 1 amide bonds. The van der Waals surface area contributed by atoms with Gasteiger partial charge in [-0.25, -0.2) is 4.98 Å². The van der Waals surface area contributed by atoms with Gasteiger partial charge in [-0.2, -0.15) is 0 Å². The van der Waals surface area contributed by atoms with Crippen LogP contribution >= 0.6 is 11.8 Å². The number of thioether (sulfide) groups is 1. The van der Waals surface area contributed by atoms with Gasteiger partial charge < -0.3 is 15.0 Å². The molecule has 0 spiro atoms. The Morgan fingerprint density at radius 3 is 2.62 bits per heavy atom. The van der Waals surface area contributed by atoms with E-state index in [9.17, 15) is 9.59 Å². The van der Waals surface area contributed by atoms with Crippen LogP contribution < -0.4 is 15.8 Å². The van der Waals surface area contributed by atoms with Gasteiger partial charge in [0.05, 0.1) is 29.3 Å². The first-order valence-corrected chi connectivity index (χ1v) is 13.0. The van der Waals surface area contributed by atoms with Crippen LogP contribution in [0.3, 0.4) is 0 Å². The Morgan fingerprint density at radius 1 is 1.06 bits per heavy atom. The van der Waals surface area contributed by atoms with E-state index in [-0.39, 0.29) is 23.3 Å². The second-order valence-electron chi connectivity index (χ2n) is 8.89. The van der Waals surface area contributed by atoms with Crippen LogP contribution in [0, 0.1) is 0 Å². The maximum atomic E-state index is 13.2. The number of piperidine rings is 1. The number of nitrogens with one attached hydrogen (secondary N) is 1. The van der Waals surface area contributed by atoms with E-state index in [1.807, 2.05) is 30.3 Å². The summed E-state index contributed by atoms with van der Waals surface area (Å²) in [6.07, 6.45) is 5.70. The number of nitrogens with zero attached hydrogens (tertiary/aromatic N) is 3. The number of fused-ring (bicyclic) bond motifs is 1. The average Bonchev–Trinajstić information content (AvgIpc) is 3.39. The molecule has 5 rings (SSSR count). The number of benzene rings is 2. The summed E-state index contributed by atoms with van der Waals surface area (Å²) >= 11 is 1.29. The summed E-state index contributed by atoms with van der Waals surface area (Å²) in [7, 11) is 0. The van der Waals surface area contributed by atoms with Gasteiger partial charge in [0.25, 0.3) is 5.56 Å². The minimum Gasteiger partial charge on any atom is -0.376 e. The zero-order valence-electron chi connectivity index (χ0n) is 19.2. The Labute approximate surface area is 203 Å². The van der Waals surface area contributed by atoms with E-state index in [0.717, 1.165) is 38.2 Å². The minimum atomic E-state index is -0.123. The highest BCUT2D eigenvalue weighted by molar-refractivity contribution is 7.99. The highest BCUT2D eigenvalue weighted by atomic mass is 32.2. The molecule has 2 saturated heterocycles. The first kappa shape index (κ1) is 22.9. The van der Waals surface area contributed by atoms with Crippen molar-refractivity contribution in [2.45, 2.75) is 49.9 Å². The van der Waals surface area contributed by atoms with E-state index >= 15 is 0 Å². The highest BCUT2D eigenvalue weighted by Crippen LogP contribution is 2.23. The minimum absolute atomic E-state index is 0.00672. The van der Waals surface area contributed by atoms with Crippen LogP contribution in [0.1, 0.15) is 32.1 Å². The molecule has 0 saturated carbocycles. The number of aromatic nitrogens is 2. The van der Waals surface area contributed by atoms with E-state index in [2.05, 4.69) is 22.3 Å².